The van der Waals surface area contributed by atoms with Crippen LogP contribution in [0.25, 0.3) is 0 Å². The number of benzene rings is 1. The number of nitrogens with zero attached hydrogens (tertiary/aromatic N) is 3. The van der Waals surface area contributed by atoms with Crippen molar-refractivity contribution in [1.29, 1.82) is 0 Å². The molecule has 1 fully saturated rings. The fourth-order valence-corrected chi connectivity index (χ4v) is 3.03. The first-order chi connectivity index (χ1) is 11.8. The summed E-state index contributed by atoms with van der Waals surface area (Å²) >= 11 is 0. The number of nitrogens with two attached hydrogens (primary N) is 1. The molecule has 0 aliphatic carbocycles. The van der Waals surface area contributed by atoms with Gasteiger partial charge in [0.2, 0.25) is 0 Å². The van der Waals surface area contributed by atoms with Gasteiger partial charge in [0.05, 0.1) is 4.92 Å². The minimum atomic E-state index is -0.404. The van der Waals surface area contributed by atoms with Crippen LogP contribution >= 0.6 is 0 Å². The SMILES string of the molecule is CC(C)C(N)CCN(C)C(=O)c1ccc(N2CCCC2)c([N+](=O)[O-])c1. The maximum absolute atomic E-state index is 12.6. The van der Waals surface area contributed by atoms with E-state index in [4.69, 9.17) is 5.73 Å². The normalized spacial score (nSPS) is 15.5. The molecule has 1 aromatic carbocycles. The van der Waals surface area contributed by atoms with Crippen LogP contribution in [-0.4, -0.2) is 48.5 Å². The van der Waals surface area contributed by atoms with Crippen LogP contribution in [0.1, 0.15) is 43.5 Å². The van der Waals surface area contributed by atoms with E-state index in [1.54, 1.807) is 24.1 Å². The highest BCUT2D eigenvalue weighted by molar-refractivity contribution is 5.95. The van der Waals surface area contributed by atoms with Crippen LogP contribution in [0.3, 0.4) is 0 Å². The predicted octanol–water partition coefficient (Wildman–Crippen LogP) is 2.64. The summed E-state index contributed by atoms with van der Waals surface area (Å²) in [5.41, 5.74) is 6.97. The fourth-order valence-electron chi connectivity index (χ4n) is 3.03. The van der Waals surface area contributed by atoms with E-state index in [0.29, 0.717) is 30.1 Å². The second-order valence-electron chi connectivity index (χ2n) is 7.08. The molecule has 7 heteroatoms. The number of hydrogen-bond donors (Lipinski definition) is 1. The van der Waals surface area contributed by atoms with Gasteiger partial charge in [0.1, 0.15) is 5.69 Å². The Morgan fingerprint density at radius 2 is 2.00 bits per heavy atom. The third-order valence-corrected chi connectivity index (χ3v) is 4.87. The van der Waals surface area contributed by atoms with Crippen molar-refractivity contribution < 1.29 is 9.72 Å². The quantitative estimate of drug-likeness (QED) is 0.604. The molecule has 1 heterocycles. The van der Waals surface area contributed by atoms with E-state index in [9.17, 15) is 14.9 Å². The summed E-state index contributed by atoms with van der Waals surface area (Å²) in [5.74, 6) is 0.136. The molecular formula is C18H28N4O3. The smallest absolute Gasteiger partial charge is 0.293 e. The Balaban J connectivity index is 2.14. The monoisotopic (exact) mass is 348 g/mol. The molecule has 1 atom stereocenters. The molecule has 2 N–H and O–H groups in total. The molecule has 0 aromatic heterocycles. The number of nitro groups is 1. The summed E-state index contributed by atoms with van der Waals surface area (Å²) < 4.78 is 0. The molecule has 0 saturated carbocycles. The molecule has 1 aromatic rings. The number of hydrogen-bond acceptors (Lipinski definition) is 5. The number of nitro benzene ring substituents is 1. The molecule has 0 bridgehead atoms. The first-order valence-electron chi connectivity index (χ1n) is 8.85. The number of carbonyl (C=O) groups is 1. The molecule has 1 saturated heterocycles. The van der Waals surface area contributed by atoms with Gasteiger partial charge < -0.3 is 15.5 Å². The highest BCUT2D eigenvalue weighted by Crippen LogP contribution is 2.31. The standard InChI is InChI=1S/C18H28N4O3/c1-13(2)15(19)8-11-20(3)18(23)14-6-7-16(17(12-14)22(24)25)21-9-4-5-10-21/h6-7,12-13,15H,4-5,8-11,19H2,1-3H3. The molecule has 1 aliphatic heterocycles. The summed E-state index contributed by atoms with van der Waals surface area (Å²) in [6, 6.07) is 4.81. The van der Waals surface area contributed by atoms with Crippen molar-refractivity contribution in [2.24, 2.45) is 11.7 Å². The van der Waals surface area contributed by atoms with Crippen molar-refractivity contribution in [2.75, 3.05) is 31.6 Å². The Hall–Kier alpha value is -2.15. The Bertz CT molecular complexity index is 627. The fraction of sp³-hybridized carbons (Fsp3) is 0.611. The molecule has 2 rings (SSSR count). The van der Waals surface area contributed by atoms with Gasteiger partial charge in [-0.05, 0) is 37.3 Å². The number of amides is 1. The van der Waals surface area contributed by atoms with Crippen LogP contribution in [0.15, 0.2) is 18.2 Å². The van der Waals surface area contributed by atoms with Gasteiger partial charge in [-0.2, -0.15) is 0 Å². The van der Waals surface area contributed by atoms with Gasteiger partial charge in [-0.15, -0.1) is 0 Å². The lowest BCUT2D eigenvalue weighted by Crippen LogP contribution is -2.34. The Morgan fingerprint density at radius 3 is 2.56 bits per heavy atom. The molecule has 1 amide bonds. The van der Waals surface area contributed by atoms with Gasteiger partial charge in [-0.25, -0.2) is 0 Å². The highest BCUT2D eigenvalue weighted by Gasteiger charge is 2.24. The van der Waals surface area contributed by atoms with E-state index in [2.05, 4.69) is 0 Å². The number of anilines is 1. The van der Waals surface area contributed by atoms with Crippen LogP contribution in [0, 0.1) is 16.0 Å². The topological polar surface area (TPSA) is 92.7 Å². The van der Waals surface area contributed by atoms with Crippen LogP contribution in [0.2, 0.25) is 0 Å². The minimum Gasteiger partial charge on any atom is -0.366 e. The van der Waals surface area contributed by atoms with Crippen LogP contribution in [-0.2, 0) is 0 Å². The van der Waals surface area contributed by atoms with Crippen molar-refractivity contribution in [3.63, 3.8) is 0 Å². The first-order valence-corrected chi connectivity index (χ1v) is 8.85. The number of rotatable bonds is 7. The summed E-state index contributed by atoms with van der Waals surface area (Å²) in [6.07, 6.45) is 2.78. The number of carbonyl (C=O) groups excluding carboxylic acids is 1. The van der Waals surface area contributed by atoms with Crippen molar-refractivity contribution >= 4 is 17.3 Å². The van der Waals surface area contributed by atoms with Gasteiger partial charge in [-0.3, -0.25) is 14.9 Å². The lowest BCUT2D eigenvalue weighted by molar-refractivity contribution is -0.384. The average Bonchev–Trinajstić information content (AvgIpc) is 3.12. The van der Waals surface area contributed by atoms with Gasteiger partial charge in [0.25, 0.3) is 11.6 Å². The zero-order valence-corrected chi connectivity index (χ0v) is 15.3. The second-order valence-corrected chi connectivity index (χ2v) is 7.08. The predicted molar refractivity (Wildman–Crippen MR) is 98.9 cm³/mol. The summed E-state index contributed by atoms with van der Waals surface area (Å²) in [5, 5.41) is 11.5. The van der Waals surface area contributed by atoms with Gasteiger partial charge >= 0.3 is 0 Å². The van der Waals surface area contributed by atoms with E-state index in [1.807, 2.05) is 18.7 Å². The summed E-state index contributed by atoms with van der Waals surface area (Å²) in [7, 11) is 1.70. The molecule has 1 unspecified atom stereocenters. The van der Waals surface area contributed by atoms with Gasteiger partial charge in [0.15, 0.2) is 0 Å². The zero-order chi connectivity index (χ0) is 18.6. The van der Waals surface area contributed by atoms with Gasteiger partial charge in [0, 0.05) is 44.4 Å². The molecule has 1 aliphatic rings. The largest absolute Gasteiger partial charge is 0.366 e. The van der Waals surface area contributed by atoms with Crippen molar-refractivity contribution in [3.05, 3.63) is 33.9 Å². The van der Waals surface area contributed by atoms with Gasteiger partial charge in [-0.1, -0.05) is 13.8 Å². The molecular weight excluding hydrogens is 320 g/mol. The molecule has 25 heavy (non-hydrogen) atoms. The molecule has 7 nitrogen and oxygen atoms in total. The summed E-state index contributed by atoms with van der Waals surface area (Å²) in [6.45, 7) is 6.27. The van der Waals surface area contributed by atoms with Crippen LogP contribution < -0.4 is 10.6 Å². The zero-order valence-electron chi connectivity index (χ0n) is 15.3. The third kappa shape index (κ3) is 4.69. The van der Waals surface area contributed by atoms with E-state index in [0.717, 1.165) is 25.9 Å². The lowest BCUT2D eigenvalue weighted by Gasteiger charge is -2.22. The van der Waals surface area contributed by atoms with Crippen molar-refractivity contribution in [2.45, 2.75) is 39.2 Å². The Kier molecular flexibility index (Phi) is 6.36. The molecule has 0 spiro atoms. The Labute approximate surface area is 148 Å². The van der Waals surface area contributed by atoms with E-state index >= 15 is 0 Å². The average molecular weight is 348 g/mol. The van der Waals surface area contributed by atoms with Crippen LogP contribution in [0.4, 0.5) is 11.4 Å². The summed E-state index contributed by atoms with van der Waals surface area (Å²) in [4.78, 5) is 27.2. The Morgan fingerprint density at radius 1 is 1.36 bits per heavy atom. The van der Waals surface area contributed by atoms with E-state index < -0.39 is 4.92 Å². The van der Waals surface area contributed by atoms with Crippen molar-refractivity contribution in [1.82, 2.24) is 4.90 Å². The maximum atomic E-state index is 12.6. The first kappa shape index (κ1) is 19.2. The maximum Gasteiger partial charge on any atom is 0.293 e. The molecule has 0 radical (unpaired) electrons. The lowest BCUT2D eigenvalue weighted by atomic mass is 10.0. The van der Waals surface area contributed by atoms with E-state index in [-0.39, 0.29) is 17.6 Å². The highest BCUT2D eigenvalue weighted by atomic mass is 16.6. The minimum absolute atomic E-state index is 0.0000294. The molecule has 138 valence electrons. The van der Waals surface area contributed by atoms with E-state index in [1.165, 1.54) is 6.07 Å². The second kappa shape index (κ2) is 8.29. The third-order valence-electron chi connectivity index (χ3n) is 4.87. The van der Waals surface area contributed by atoms with Crippen molar-refractivity contribution in [3.8, 4) is 0 Å². The van der Waals surface area contributed by atoms with Crippen LogP contribution in [0.5, 0.6) is 0 Å².